The molecule has 2 aromatic carbocycles. The zero-order chi connectivity index (χ0) is 22.4. The van der Waals surface area contributed by atoms with Gasteiger partial charge in [-0.25, -0.2) is 8.42 Å². The summed E-state index contributed by atoms with van der Waals surface area (Å²) in [6.07, 6.45) is -0.0811. The van der Waals surface area contributed by atoms with E-state index in [1.54, 1.807) is 32.0 Å². The van der Waals surface area contributed by atoms with Crippen LogP contribution in [0.4, 0.5) is 0 Å². The molecule has 0 spiro atoms. The van der Waals surface area contributed by atoms with Crippen LogP contribution >= 0.6 is 0 Å². The molecule has 8 nitrogen and oxygen atoms in total. The van der Waals surface area contributed by atoms with Gasteiger partial charge in [-0.1, -0.05) is 26.0 Å². The number of nitrogens with one attached hydrogen (secondary N) is 1. The number of hydrogen-bond acceptors (Lipinski definition) is 6. The Labute approximate surface area is 183 Å². The molecule has 0 saturated carbocycles. The van der Waals surface area contributed by atoms with Crippen molar-refractivity contribution in [1.82, 2.24) is 9.62 Å². The van der Waals surface area contributed by atoms with Gasteiger partial charge in [0.05, 0.1) is 18.6 Å². The van der Waals surface area contributed by atoms with Gasteiger partial charge in [-0.2, -0.15) is 4.31 Å². The summed E-state index contributed by atoms with van der Waals surface area (Å²) < 4.78 is 45.0. The maximum absolute atomic E-state index is 13.3. The standard InChI is InChI=1S/C22H28N2O6S/c1-4-22(25)23-13-16-12-18(10-11-19(16)28-3)31(26,27)24(5-2)14-17-15-29-20-8-6-7-9-21(20)30-17/h6-12,17H,4-5,13-15H2,1-3H3,(H,23,25)/t17-/m0/s1. The molecule has 1 aliphatic heterocycles. The summed E-state index contributed by atoms with van der Waals surface area (Å²) in [5, 5.41) is 2.76. The summed E-state index contributed by atoms with van der Waals surface area (Å²) in [5.74, 6) is 1.64. The molecule has 168 valence electrons. The van der Waals surface area contributed by atoms with E-state index >= 15 is 0 Å². The van der Waals surface area contributed by atoms with Crippen molar-refractivity contribution in [2.45, 2.75) is 37.8 Å². The van der Waals surface area contributed by atoms with Gasteiger partial charge in [-0.05, 0) is 30.3 Å². The molecule has 1 atom stereocenters. The normalized spacial score (nSPS) is 15.5. The second-order valence-corrected chi connectivity index (χ2v) is 9.00. The highest BCUT2D eigenvalue weighted by Crippen LogP contribution is 2.32. The predicted octanol–water partition coefficient (Wildman–Crippen LogP) is 2.57. The first-order valence-electron chi connectivity index (χ1n) is 10.2. The summed E-state index contributed by atoms with van der Waals surface area (Å²) >= 11 is 0. The molecule has 0 unspecified atom stereocenters. The van der Waals surface area contributed by atoms with Crippen LogP contribution < -0.4 is 19.5 Å². The largest absolute Gasteiger partial charge is 0.496 e. The minimum Gasteiger partial charge on any atom is -0.496 e. The first kappa shape index (κ1) is 22.9. The van der Waals surface area contributed by atoms with E-state index in [2.05, 4.69) is 5.32 Å². The maximum Gasteiger partial charge on any atom is 0.243 e. The fourth-order valence-corrected chi connectivity index (χ4v) is 4.83. The number of ether oxygens (including phenoxy) is 3. The summed E-state index contributed by atoms with van der Waals surface area (Å²) in [5.41, 5.74) is 0.590. The van der Waals surface area contributed by atoms with Crippen molar-refractivity contribution in [2.24, 2.45) is 0 Å². The van der Waals surface area contributed by atoms with Gasteiger partial charge >= 0.3 is 0 Å². The molecule has 1 aliphatic rings. The number of fused-ring (bicyclic) bond motifs is 1. The van der Waals surface area contributed by atoms with E-state index in [1.807, 2.05) is 18.2 Å². The van der Waals surface area contributed by atoms with Crippen molar-refractivity contribution < 1.29 is 27.4 Å². The van der Waals surface area contributed by atoms with Crippen molar-refractivity contribution in [3.63, 3.8) is 0 Å². The van der Waals surface area contributed by atoms with E-state index < -0.39 is 16.1 Å². The van der Waals surface area contributed by atoms with Gasteiger partial charge in [0.15, 0.2) is 11.5 Å². The number of hydrogen-bond donors (Lipinski definition) is 1. The lowest BCUT2D eigenvalue weighted by atomic mass is 10.2. The fourth-order valence-electron chi connectivity index (χ4n) is 3.30. The van der Waals surface area contributed by atoms with E-state index in [9.17, 15) is 13.2 Å². The second-order valence-electron chi connectivity index (χ2n) is 7.06. The van der Waals surface area contributed by atoms with Gasteiger partial charge < -0.3 is 19.5 Å². The van der Waals surface area contributed by atoms with Crippen LogP contribution in [0.15, 0.2) is 47.4 Å². The van der Waals surface area contributed by atoms with Crippen molar-refractivity contribution in [3.8, 4) is 17.2 Å². The Morgan fingerprint density at radius 3 is 2.61 bits per heavy atom. The van der Waals surface area contributed by atoms with Gasteiger partial charge in [-0.15, -0.1) is 0 Å². The number of sulfonamides is 1. The number of rotatable bonds is 9. The molecule has 31 heavy (non-hydrogen) atoms. The van der Waals surface area contributed by atoms with Crippen LogP contribution in [0.3, 0.4) is 0 Å². The third-order valence-electron chi connectivity index (χ3n) is 5.01. The van der Waals surface area contributed by atoms with Crippen LogP contribution in [-0.2, 0) is 21.4 Å². The Morgan fingerprint density at radius 2 is 1.94 bits per heavy atom. The molecule has 0 radical (unpaired) electrons. The van der Waals surface area contributed by atoms with Crippen molar-refractivity contribution in [2.75, 3.05) is 26.8 Å². The molecule has 0 fully saturated rings. The molecule has 0 saturated heterocycles. The summed E-state index contributed by atoms with van der Waals surface area (Å²) in [6, 6.07) is 12.0. The Kier molecular flexibility index (Phi) is 7.40. The van der Waals surface area contributed by atoms with Crippen molar-refractivity contribution in [3.05, 3.63) is 48.0 Å². The average molecular weight is 449 g/mol. The zero-order valence-corrected chi connectivity index (χ0v) is 18.8. The lowest BCUT2D eigenvalue weighted by Gasteiger charge is -2.30. The monoisotopic (exact) mass is 448 g/mol. The number of carbonyl (C=O) groups excluding carboxylic acids is 1. The molecular formula is C22H28N2O6S. The van der Waals surface area contributed by atoms with E-state index in [-0.39, 0.29) is 37.0 Å². The molecule has 2 aromatic rings. The SMILES string of the molecule is CCC(=O)NCc1cc(S(=O)(=O)N(CC)C[C@H]2COc3ccccc3O2)ccc1OC. The van der Waals surface area contributed by atoms with E-state index in [1.165, 1.54) is 17.5 Å². The van der Waals surface area contributed by atoms with Gasteiger partial charge in [0.25, 0.3) is 0 Å². The number of para-hydroxylation sites is 2. The third-order valence-corrected chi connectivity index (χ3v) is 6.95. The Bertz CT molecular complexity index is 1020. The minimum absolute atomic E-state index is 0.125. The van der Waals surface area contributed by atoms with Gasteiger partial charge in [0.1, 0.15) is 18.5 Å². The molecule has 1 N–H and O–H groups in total. The third kappa shape index (κ3) is 5.29. The van der Waals surface area contributed by atoms with Crippen LogP contribution in [0.2, 0.25) is 0 Å². The Hall–Kier alpha value is -2.78. The predicted molar refractivity (Wildman–Crippen MR) is 116 cm³/mol. The highest BCUT2D eigenvalue weighted by Gasteiger charge is 2.30. The van der Waals surface area contributed by atoms with Crippen LogP contribution in [-0.4, -0.2) is 51.5 Å². The Morgan fingerprint density at radius 1 is 1.19 bits per heavy atom. The van der Waals surface area contributed by atoms with Gasteiger partial charge in [-0.3, -0.25) is 4.79 Å². The zero-order valence-electron chi connectivity index (χ0n) is 18.0. The lowest BCUT2D eigenvalue weighted by molar-refractivity contribution is -0.120. The number of benzene rings is 2. The topological polar surface area (TPSA) is 94.2 Å². The number of carbonyl (C=O) groups is 1. The summed E-state index contributed by atoms with van der Waals surface area (Å²) in [4.78, 5) is 11.8. The molecule has 3 rings (SSSR count). The summed E-state index contributed by atoms with van der Waals surface area (Å²) in [7, 11) is -2.28. The highest BCUT2D eigenvalue weighted by atomic mass is 32.2. The molecular weight excluding hydrogens is 420 g/mol. The molecule has 0 aliphatic carbocycles. The minimum atomic E-state index is -3.79. The maximum atomic E-state index is 13.3. The van der Waals surface area contributed by atoms with Gasteiger partial charge in [0.2, 0.25) is 15.9 Å². The van der Waals surface area contributed by atoms with Crippen LogP contribution in [0, 0.1) is 0 Å². The van der Waals surface area contributed by atoms with Crippen LogP contribution in [0.1, 0.15) is 25.8 Å². The van der Waals surface area contributed by atoms with E-state index in [4.69, 9.17) is 14.2 Å². The molecule has 9 heteroatoms. The number of amides is 1. The molecule has 0 bridgehead atoms. The van der Waals surface area contributed by atoms with Crippen molar-refractivity contribution >= 4 is 15.9 Å². The van der Waals surface area contributed by atoms with Gasteiger partial charge in [0, 0.05) is 25.1 Å². The van der Waals surface area contributed by atoms with Crippen LogP contribution in [0.5, 0.6) is 17.2 Å². The number of methoxy groups -OCH3 is 1. The van der Waals surface area contributed by atoms with E-state index in [0.717, 1.165) is 0 Å². The molecule has 1 heterocycles. The molecule has 0 aromatic heterocycles. The van der Waals surface area contributed by atoms with Crippen LogP contribution in [0.25, 0.3) is 0 Å². The average Bonchev–Trinajstić information content (AvgIpc) is 2.80. The fraction of sp³-hybridized carbons (Fsp3) is 0.409. The lowest BCUT2D eigenvalue weighted by Crippen LogP contribution is -2.43. The Balaban J connectivity index is 1.79. The second kappa shape index (κ2) is 10.0. The highest BCUT2D eigenvalue weighted by molar-refractivity contribution is 7.89. The van der Waals surface area contributed by atoms with Crippen molar-refractivity contribution in [1.29, 1.82) is 0 Å². The first-order valence-corrected chi connectivity index (χ1v) is 11.6. The number of nitrogens with zero attached hydrogens (tertiary/aromatic N) is 1. The van der Waals surface area contributed by atoms with E-state index in [0.29, 0.717) is 29.2 Å². The first-order chi connectivity index (χ1) is 14.9. The number of likely N-dealkylation sites (N-methyl/N-ethyl adjacent to an activating group) is 1. The smallest absolute Gasteiger partial charge is 0.243 e. The molecule has 1 amide bonds. The quantitative estimate of drug-likeness (QED) is 0.634. The summed E-state index contributed by atoms with van der Waals surface area (Å²) in [6.45, 7) is 4.41.